The lowest BCUT2D eigenvalue weighted by Gasteiger charge is -2.20. The molecule has 1 heterocycles. The van der Waals surface area contributed by atoms with Crippen LogP contribution in [0.3, 0.4) is 0 Å². The van der Waals surface area contributed by atoms with Crippen LogP contribution in [-0.4, -0.2) is 30.6 Å². The zero-order chi connectivity index (χ0) is 7.56. The van der Waals surface area contributed by atoms with Crippen LogP contribution in [-0.2, 0) is 4.84 Å². The fraction of sp³-hybridized carbons (Fsp3) is 0.600. The maximum Gasteiger partial charge on any atom is 0.195 e. The summed E-state index contributed by atoms with van der Waals surface area (Å²) in [6.45, 7) is 1.80. The third-order valence-corrected chi connectivity index (χ3v) is 1.16. The Labute approximate surface area is 59.2 Å². The minimum Gasteiger partial charge on any atom is -0.291 e. The van der Waals surface area contributed by atoms with Crippen molar-refractivity contribution in [2.24, 2.45) is 15.7 Å². The highest BCUT2D eigenvalue weighted by Crippen LogP contribution is 1.97. The van der Waals surface area contributed by atoms with Crippen LogP contribution in [0.25, 0.3) is 0 Å². The Morgan fingerprint density at radius 3 is 3.00 bits per heavy atom. The van der Waals surface area contributed by atoms with Crippen molar-refractivity contribution in [1.29, 1.82) is 0 Å². The van der Waals surface area contributed by atoms with Crippen LogP contribution in [0.1, 0.15) is 6.92 Å². The minimum absolute atomic E-state index is 0.466. The molecular weight excluding hydrogens is 132 g/mol. The van der Waals surface area contributed by atoms with Crippen LogP contribution < -0.4 is 5.73 Å². The second-order valence-electron chi connectivity index (χ2n) is 1.86. The van der Waals surface area contributed by atoms with E-state index in [1.807, 2.05) is 0 Å². The van der Waals surface area contributed by atoms with E-state index in [9.17, 15) is 0 Å². The van der Waals surface area contributed by atoms with E-state index in [2.05, 4.69) is 9.98 Å². The van der Waals surface area contributed by atoms with Crippen LogP contribution in [0.5, 0.6) is 0 Å². The van der Waals surface area contributed by atoms with Gasteiger partial charge in [-0.2, -0.15) is 5.06 Å². The molecule has 0 bridgehead atoms. The van der Waals surface area contributed by atoms with Gasteiger partial charge < -0.3 is 0 Å². The molecule has 0 amide bonds. The Balaban J connectivity index is 2.66. The highest BCUT2D eigenvalue weighted by atomic mass is 16.7. The topological polar surface area (TPSA) is 63.2 Å². The van der Waals surface area contributed by atoms with E-state index < -0.39 is 6.29 Å². The molecule has 1 atom stereocenters. The van der Waals surface area contributed by atoms with Gasteiger partial charge in [0.25, 0.3) is 0 Å². The number of hydrogen-bond acceptors (Lipinski definition) is 5. The summed E-state index contributed by atoms with van der Waals surface area (Å²) in [6.07, 6.45) is 1.04. The van der Waals surface area contributed by atoms with E-state index in [0.29, 0.717) is 5.84 Å². The molecule has 0 saturated carbocycles. The smallest absolute Gasteiger partial charge is 0.195 e. The van der Waals surface area contributed by atoms with Crippen molar-refractivity contribution in [2.75, 3.05) is 7.11 Å². The molecule has 2 N–H and O–H groups in total. The summed E-state index contributed by atoms with van der Waals surface area (Å²) in [4.78, 5) is 12.6. The molecule has 1 rings (SSSR count). The summed E-state index contributed by atoms with van der Waals surface area (Å²) in [5, 5.41) is 1.45. The van der Waals surface area contributed by atoms with E-state index in [1.165, 1.54) is 11.4 Å². The van der Waals surface area contributed by atoms with Crippen molar-refractivity contribution in [3.8, 4) is 0 Å². The first kappa shape index (κ1) is 7.17. The van der Waals surface area contributed by atoms with E-state index in [0.717, 1.165) is 0 Å². The minimum atomic E-state index is -0.466. The molecule has 1 aliphatic rings. The predicted molar refractivity (Wildman–Crippen MR) is 38.4 cm³/mol. The van der Waals surface area contributed by atoms with Gasteiger partial charge in [0, 0.05) is 0 Å². The van der Waals surface area contributed by atoms with Crippen LogP contribution in [0.4, 0.5) is 0 Å². The maximum absolute atomic E-state index is 5.37. The fourth-order valence-corrected chi connectivity index (χ4v) is 0.673. The molecule has 0 radical (unpaired) electrons. The highest BCUT2D eigenvalue weighted by molar-refractivity contribution is 5.90. The Bertz CT molecular complexity index is 176. The van der Waals surface area contributed by atoms with Crippen molar-refractivity contribution < 1.29 is 4.84 Å². The van der Waals surface area contributed by atoms with E-state index in [4.69, 9.17) is 10.6 Å². The van der Waals surface area contributed by atoms with Gasteiger partial charge in [0.15, 0.2) is 6.29 Å². The number of amidine groups is 1. The number of hydroxylamine groups is 2. The number of rotatable bonds is 1. The Kier molecular flexibility index (Phi) is 1.98. The van der Waals surface area contributed by atoms with Crippen molar-refractivity contribution in [3.05, 3.63) is 0 Å². The number of nitrogens with zero attached hydrogens (tertiary/aromatic N) is 3. The summed E-state index contributed by atoms with van der Waals surface area (Å²) >= 11 is 0. The third-order valence-electron chi connectivity index (χ3n) is 1.16. The average Bonchev–Trinajstić information content (AvgIpc) is 1.88. The third kappa shape index (κ3) is 1.31. The van der Waals surface area contributed by atoms with Gasteiger partial charge in [0.2, 0.25) is 0 Å². The van der Waals surface area contributed by atoms with Gasteiger partial charge in [-0.3, -0.25) is 10.6 Å². The van der Waals surface area contributed by atoms with Gasteiger partial charge in [-0.15, -0.1) is 0 Å². The Morgan fingerprint density at radius 2 is 2.50 bits per heavy atom. The van der Waals surface area contributed by atoms with E-state index >= 15 is 0 Å². The quantitative estimate of drug-likeness (QED) is 0.539. The average molecular weight is 142 g/mol. The fourth-order valence-electron chi connectivity index (χ4n) is 0.673. The lowest BCUT2D eigenvalue weighted by atomic mass is 10.6. The summed E-state index contributed by atoms with van der Waals surface area (Å²) in [5.74, 6) is 0.713. The predicted octanol–water partition coefficient (Wildman–Crippen LogP) is -0.448. The maximum atomic E-state index is 5.37. The number of nitrogens with two attached hydrogens (primary N) is 1. The molecule has 0 aromatic heterocycles. The molecule has 0 spiro atoms. The van der Waals surface area contributed by atoms with E-state index in [-0.39, 0.29) is 0 Å². The van der Waals surface area contributed by atoms with E-state index in [1.54, 1.807) is 14.0 Å². The first-order valence-corrected chi connectivity index (χ1v) is 2.90. The summed E-state index contributed by atoms with van der Waals surface area (Å²) in [7, 11) is 1.54. The molecule has 0 aromatic carbocycles. The first-order chi connectivity index (χ1) is 4.74. The van der Waals surface area contributed by atoms with Crippen LogP contribution in [0.15, 0.2) is 9.98 Å². The lowest BCUT2D eigenvalue weighted by Crippen LogP contribution is -2.34. The molecule has 0 aliphatic carbocycles. The van der Waals surface area contributed by atoms with Gasteiger partial charge in [-0.25, -0.2) is 9.98 Å². The molecule has 0 aromatic rings. The van der Waals surface area contributed by atoms with Gasteiger partial charge >= 0.3 is 0 Å². The van der Waals surface area contributed by atoms with Crippen molar-refractivity contribution in [2.45, 2.75) is 13.2 Å². The van der Waals surface area contributed by atoms with Crippen molar-refractivity contribution in [1.82, 2.24) is 5.06 Å². The zero-order valence-electron chi connectivity index (χ0n) is 5.98. The second kappa shape index (κ2) is 2.76. The van der Waals surface area contributed by atoms with Crippen LogP contribution in [0.2, 0.25) is 0 Å². The van der Waals surface area contributed by atoms with Crippen LogP contribution in [0, 0.1) is 0 Å². The molecule has 0 saturated heterocycles. The van der Waals surface area contributed by atoms with Gasteiger partial charge in [0.1, 0.15) is 12.2 Å². The van der Waals surface area contributed by atoms with Crippen molar-refractivity contribution in [3.63, 3.8) is 0 Å². The Morgan fingerprint density at radius 1 is 1.80 bits per heavy atom. The lowest BCUT2D eigenvalue weighted by molar-refractivity contribution is 0.00262. The van der Waals surface area contributed by atoms with Gasteiger partial charge in [0.05, 0.1) is 7.11 Å². The molecule has 1 aliphatic heterocycles. The molecule has 5 nitrogen and oxygen atoms in total. The molecule has 1 unspecified atom stereocenters. The highest BCUT2D eigenvalue weighted by Gasteiger charge is 2.09. The summed E-state index contributed by atoms with van der Waals surface area (Å²) < 4.78 is 0. The van der Waals surface area contributed by atoms with Crippen molar-refractivity contribution >= 4 is 12.2 Å². The largest absolute Gasteiger partial charge is 0.291 e. The second-order valence-corrected chi connectivity index (χ2v) is 1.86. The molecule has 5 heteroatoms. The van der Waals surface area contributed by atoms with Crippen LogP contribution >= 0.6 is 0 Å². The van der Waals surface area contributed by atoms with Gasteiger partial charge in [-0.05, 0) is 6.92 Å². The zero-order valence-corrected chi connectivity index (χ0v) is 5.98. The Hall–Kier alpha value is -0.940. The SMILES string of the molecule is CON1C=NC(N)N=C1C. The monoisotopic (exact) mass is 142 g/mol. The molecule has 10 heavy (non-hydrogen) atoms. The summed E-state index contributed by atoms with van der Waals surface area (Å²) in [5.41, 5.74) is 5.37. The number of hydrogen-bond donors (Lipinski definition) is 1. The summed E-state index contributed by atoms with van der Waals surface area (Å²) in [6, 6.07) is 0. The van der Waals surface area contributed by atoms with Gasteiger partial charge in [-0.1, -0.05) is 0 Å². The normalized spacial score (nSPS) is 24.9. The molecule has 0 fully saturated rings. The molecular formula is C5H10N4O. The first-order valence-electron chi connectivity index (χ1n) is 2.90. The number of aliphatic imine (C=N–C) groups is 2. The standard InChI is InChI=1S/C5H10N4O/c1-4-8-5(6)7-3-9(4)10-2/h3,5H,6H2,1-2H3. The molecule has 56 valence electrons.